The predicted octanol–water partition coefficient (Wildman–Crippen LogP) is 0.433. The molecule has 0 saturated carbocycles. The van der Waals surface area contributed by atoms with Crippen LogP contribution < -0.4 is 10.6 Å². The molecule has 0 fully saturated rings. The molecular formula is C15H17BrN4O4. The maximum Gasteiger partial charge on any atom is 0.316 e. The fraction of sp³-hybridized carbons (Fsp3) is 0.333. The molecule has 0 spiro atoms. The van der Waals surface area contributed by atoms with E-state index in [1.54, 1.807) is 32.3 Å². The third kappa shape index (κ3) is 3.91. The molecule has 0 atom stereocenters. The molecule has 24 heavy (non-hydrogen) atoms. The predicted molar refractivity (Wildman–Crippen MR) is 89.6 cm³/mol. The van der Waals surface area contributed by atoms with Gasteiger partial charge < -0.3 is 15.5 Å². The number of nitrogens with zero attached hydrogens (tertiary/aromatic N) is 2. The van der Waals surface area contributed by atoms with Crippen molar-refractivity contribution in [1.82, 2.24) is 20.4 Å². The summed E-state index contributed by atoms with van der Waals surface area (Å²) in [6.45, 7) is 0.0938. The first-order valence-electron chi connectivity index (χ1n) is 7.19. The first kappa shape index (κ1) is 17.9. The number of nitrogens with one attached hydrogen (secondary N) is 2. The van der Waals surface area contributed by atoms with Crippen molar-refractivity contribution in [3.05, 3.63) is 33.8 Å². The smallest absolute Gasteiger partial charge is 0.316 e. The summed E-state index contributed by atoms with van der Waals surface area (Å²) in [6, 6.07) is 4.51. The number of benzene rings is 1. The number of hydrogen-bond acceptors (Lipinski definition) is 4. The van der Waals surface area contributed by atoms with E-state index in [-0.39, 0.29) is 36.8 Å². The molecule has 1 heterocycles. The molecule has 2 N–H and O–H groups in total. The van der Waals surface area contributed by atoms with Gasteiger partial charge in [0.2, 0.25) is 5.91 Å². The Morgan fingerprint density at radius 1 is 1.08 bits per heavy atom. The van der Waals surface area contributed by atoms with Gasteiger partial charge in [0.15, 0.2) is 0 Å². The van der Waals surface area contributed by atoms with Crippen LogP contribution in [0.5, 0.6) is 0 Å². The summed E-state index contributed by atoms with van der Waals surface area (Å²) in [5.74, 6) is -1.45. The van der Waals surface area contributed by atoms with Gasteiger partial charge in [-0.1, -0.05) is 15.9 Å². The van der Waals surface area contributed by atoms with Crippen LogP contribution in [0.25, 0.3) is 0 Å². The zero-order valence-electron chi connectivity index (χ0n) is 13.3. The largest absolute Gasteiger partial charge is 0.353 e. The van der Waals surface area contributed by atoms with E-state index < -0.39 is 17.7 Å². The number of hydrogen-bond donors (Lipinski definition) is 2. The average Bonchev–Trinajstić information content (AvgIpc) is 2.75. The van der Waals surface area contributed by atoms with E-state index in [4.69, 9.17) is 0 Å². The van der Waals surface area contributed by atoms with Gasteiger partial charge in [0.1, 0.15) is 6.54 Å². The van der Waals surface area contributed by atoms with Gasteiger partial charge in [-0.15, -0.1) is 0 Å². The molecule has 0 unspecified atom stereocenters. The molecule has 0 aromatic heterocycles. The Morgan fingerprint density at radius 3 is 2.38 bits per heavy atom. The summed E-state index contributed by atoms with van der Waals surface area (Å²) in [7, 11) is 3.21. The topological polar surface area (TPSA) is 98.8 Å². The lowest BCUT2D eigenvalue weighted by Crippen LogP contribution is -2.43. The van der Waals surface area contributed by atoms with E-state index in [1.807, 2.05) is 0 Å². The third-order valence-electron chi connectivity index (χ3n) is 3.36. The second-order valence-electron chi connectivity index (χ2n) is 5.36. The normalized spacial score (nSPS) is 12.9. The van der Waals surface area contributed by atoms with Crippen LogP contribution in [-0.4, -0.2) is 67.3 Å². The number of imide groups is 1. The van der Waals surface area contributed by atoms with Crippen LogP contribution in [0, 0.1) is 0 Å². The van der Waals surface area contributed by atoms with Gasteiger partial charge in [0.05, 0.1) is 11.1 Å². The van der Waals surface area contributed by atoms with Crippen LogP contribution in [0.4, 0.5) is 4.79 Å². The van der Waals surface area contributed by atoms with Crippen LogP contribution in [0.15, 0.2) is 22.7 Å². The van der Waals surface area contributed by atoms with Gasteiger partial charge in [-0.3, -0.25) is 19.3 Å². The van der Waals surface area contributed by atoms with Crippen LogP contribution in [0.3, 0.4) is 0 Å². The summed E-state index contributed by atoms with van der Waals surface area (Å²) in [5.41, 5.74) is 0.565. The van der Waals surface area contributed by atoms with Crippen LogP contribution in [0.1, 0.15) is 20.7 Å². The molecule has 128 valence electrons. The number of amides is 5. The quantitative estimate of drug-likeness (QED) is 0.556. The Hall–Kier alpha value is -2.42. The number of carbonyl (C=O) groups excluding carboxylic acids is 4. The first-order chi connectivity index (χ1) is 11.3. The fourth-order valence-corrected chi connectivity index (χ4v) is 2.50. The van der Waals surface area contributed by atoms with E-state index >= 15 is 0 Å². The van der Waals surface area contributed by atoms with Crippen molar-refractivity contribution >= 4 is 39.7 Å². The molecule has 1 aromatic carbocycles. The highest BCUT2D eigenvalue weighted by Crippen LogP contribution is 2.25. The summed E-state index contributed by atoms with van der Waals surface area (Å²) >= 11 is 3.25. The maximum absolute atomic E-state index is 12.2. The lowest BCUT2D eigenvalue weighted by atomic mass is 10.1. The van der Waals surface area contributed by atoms with E-state index in [9.17, 15) is 19.2 Å². The average molecular weight is 397 g/mol. The highest BCUT2D eigenvalue weighted by Gasteiger charge is 2.36. The van der Waals surface area contributed by atoms with Crippen molar-refractivity contribution in [2.75, 3.05) is 33.7 Å². The molecule has 0 aliphatic carbocycles. The Balaban J connectivity index is 1.86. The molecule has 5 amide bonds. The Labute approximate surface area is 147 Å². The fourth-order valence-electron chi connectivity index (χ4n) is 2.14. The molecular weight excluding hydrogens is 380 g/mol. The Morgan fingerprint density at radius 2 is 1.71 bits per heavy atom. The maximum atomic E-state index is 12.2. The molecule has 1 aromatic rings. The monoisotopic (exact) mass is 396 g/mol. The molecule has 9 heteroatoms. The Bertz CT molecular complexity index is 705. The lowest BCUT2D eigenvalue weighted by molar-refractivity contribution is -0.121. The van der Waals surface area contributed by atoms with Gasteiger partial charge in [0, 0.05) is 31.7 Å². The van der Waals surface area contributed by atoms with E-state index in [2.05, 4.69) is 26.6 Å². The Kier molecular flexibility index (Phi) is 5.55. The van der Waals surface area contributed by atoms with Gasteiger partial charge >= 0.3 is 6.03 Å². The minimum atomic E-state index is -0.493. The molecule has 1 aliphatic heterocycles. The lowest BCUT2D eigenvalue weighted by Gasteiger charge is -2.14. The molecule has 2 rings (SSSR count). The highest BCUT2D eigenvalue weighted by molar-refractivity contribution is 9.10. The van der Waals surface area contributed by atoms with Crippen molar-refractivity contribution in [2.24, 2.45) is 0 Å². The van der Waals surface area contributed by atoms with Crippen LogP contribution >= 0.6 is 15.9 Å². The van der Waals surface area contributed by atoms with E-state index in [0.717, 1.165) is 4.90 Å². The molecule has 0 saturated heterocycles. The SMILES string of the molecule is CN(C)C(=O)NCCNC(=O)CN1C(=O)c2ccc(Br)cc2C1=O. The second-order valence-corrected chi connectivity index (χ2v) is 6.28. The van der Waals surface area contributed by atoms with Crippen molar-refractivity contribution in [3.63, 3.8) is 0 Å². The van der Waals surface area contributed by atoms with Crippen LogP contribution in [0.2, 0.25) is 0 Å². The van der Waals surface area contributed by atoms with Crippen molar-refractivity contribution in [2.45, 2.75) is 0 Å². The number of urea groups is 1. The molecule has 0 radical (unpaired) electrons. The number of fused-ring (bicyclic) bond motifs is 1. The summed E-state index contributed by atoms with van der Waals surface area (Å²) in [5, 5.41) is 5.14. The van der Waals surface area contributed by atoms with Gasteiger partial charge in [0.25, 0.3) is 11.8 Å². The minimum Gasteiger partial charge on any atom is -0.353 e. The summed E-state index contributed by atoms with van der Waals surface area (Å²) in [4.78, 5) is 49.9. The molecule has 8 nitrogen and oxygen atoms in total. The van der Waals surface area contributed by atoms with Gasteiger partial charge in [-0.2, -0.15) is 0 Å². The first-order valence-corrected chi connectivity index (χ1v) is 7.98. The second kappa shape index (κ2) is 7.43. The van der Waals surface area contributed by atoms with E-state index in [0.29, 0.717) is 4.47 Å². The summed E-state index contributed by atoms with van der Waals surface area (Å²) in [6.07, 6.45) is 0. The van der Waals surface area contributed by atoms with Crippen molar-refractivity contribution < 1.29 is 19.2 Å². The number of rotatable bonds is 5. The van der Waals surface area contributed by atoms with E-state index in [1.165, 1.54) is 4.90 Å². The zero-order chi connectivity index (χ0) is 17.9. The zero-order valence-corrected chi connectivity index (χ0v) is 14.8. The minimum absolute atomic E-state index is 0.202. The van der Waals surface area contributed by atoms with Gasteiger partial charge in [-0.05, 0) is 18.2 Å². The standard InChI is InChI=1S/C15H17BrN4O4/c1-19(2)15(24)18-6-5-17-12(21)8-20-13(22)10-4-3-9(16)7-11(10)14(20)23/h3-4,7H,5-6,8H2,1-2H3,(H,17,21)(H,18,24). The van der Waals surface area contributed by atoms with Crippen molar-refractivity contribution in [3.8, 4) is 0 Å². The summed E-state index contributed by atoms with van der Waals surface area (Å²) < 4.78 is 0.685. The van der Waals surface area contributed by atoms with Gasteiger partial charge in [-0.25, -0.2) is 4.79 Å². The third-order valence-corrected chi connectivity index (χ3v) is 3.86. The van der Waals surface area contributed by atoms with Crippen LogP contribution in [-0.2, 0) is 4.79 Å². The highest BCUT2D eigenvalue weighted by atomic mass is 79.9. The van der Waals surface area contributed by atoms with Crippen molar-refractivity contribution in [1.29, 1.82) is 0 Å². The molecule has 0 bridgehead atoms. The molecule has 1 aliphatic rings. The number of carbonyl (C=O) groups is 4. The number of halogens is 1.